The molecular weight excluding hydrogens is 478 g/mol. The van der Waals surface area contributed by atoms with Crippen molar-refractivity contribution < 1.29 is 0 Å². The highest BCUT2D eigenvalue weighted by Crippen LogP contribution is 2.46. The van der Waals surface area contributed by atoms with E-state index < -0.39 is 0 Å². The van der Waals surface area contributed by atoms with Crippen molar-refractivity contribution >= 4 is 80.9 Å². The van der Waals surface area contributed by atoms with E-state index in [-0.39, 0.29) is 0 Å². The first-order chi connectivity index (χ1) is 18.9. The van der Waals surface area contributed by atoms with Crippen LogP contribution in [0.5, 0.6) is 0 Å². The Kier molecular flexibility index (Phi) is 4.76. The van der Waals surface area contributed by atoms with Crippen LogP contribution < -0.4 is 4.90 Å². The molecule has 8 aromatic rings. The van der Waals surface area contributed by atoms with Gasteiger partial charge in [-0.3, -0.25) is 0 Å². The molecule has 0 N–H and O–H groups in total. The van der Waals surface area contributed by atoms with Crippen molar-refractivity contribution in [3.8, 4) is 0 Å². The zero-order chi connectivity index (χ0) is 25.1. The molecule has 8 rings (SSSR count). The lowest BCUT2D eigenvalue weighted by Gasteiger charge is -2.27. The highest BCUT2D eigenvalue weighted by Gasteiger charge is 2.18. The summed E-state index contributed by atoms with van der Waals surface area (Å²) in [7, 11) is 0. The van der Waals surface area contributed by atoms with E-state index in [0.717, 1.165) is 11.4 Å². The fourth-order valence-electron chi connectivity index (χ4n) is 5.94. The number of benzene rings is 7. The average molecular weight is 502 g/mol. The molecule has 0 aliphatic rings. The molecule has 0 radical (unpaired) electrons. The molecule has 1 heterocycles. The first-order valence-corrected chi connectivity index (χ1v) is 13.8. The smallest absolute Gasteiger partial charge is 0.0540 e. The second-order valence-electron chi connectivity index (χ2n) is 9.75. The van der Waals surface area contributed by atoms with Crippen LogP contribution in [-0.2, 0) is 0 Å². The zero-order valence-electron chi connectivity index (χ0n) is 20.6. The number of rotatable bonds is 3. The van der Waals surface area contributed by atoms with Crippen LogP contribution in [-0.4, -0.2) is 0 Å². The van der Waals surface area contributed by atoms with Crippen molar-refractivity contribution in [2.45, 2.75) is 0 Å². The molecule has 0 atom stereocenters. The molecule has 0 amide bonds. The predicted molar refractivity (Wildman–Crippen MR) is 167 cm³/mol. The second kappa shape index (κ2) is 8.44. The van der Waals surface area contributed by atoms with E-state index in [9.17, 15) is 0 Å². The van der Waals surface area contributed by atoms with Gasteiger partial charge in [-0.2, -0.15) is 0 Å². The third-order valence-corrected chi connectivity index (χ3v) is 8.81. The van der Waals surface area contributed by atoms with E-state index in [0.29, 0.717) is 0 Å². The summed E-state index contributed by atoms with van der Waals surface area (Å²) in [6.45, 7) is 0. The fraction of sp³-hybridized carbons (Fsp3) is 0. The van der Waals surface area contributed by atoms with Crippen molar-refractivity contribution in [3.05, 3.63) is 140 Å². The predicted octanol–water partition coefficient (Wildman–Crippen LogP) is 11.0. The van der Waals surface area contributed by atoms with Gasteiger partial charge in [0.2, 0.25) is 0 Å². The third-order valence-electron chi connectivity index (χ3n) is 7.61. The number of thiophene rings is 1. The molecule has 38 heavy (non-hydrogen) atoms. The van der Waals surface area contributed by atoms with Crippen LogP contribution >= 0.6 is 11.3 Å². The number of hydrogen-bond acceptors (Lipinski definition) is 2. The highest BCUT2D eigenvalue weighted by atomic mass is 32.1. The number of anilines is 3. The van der Waals surface area contributed by atoms with Gasteiger partial charge in [0.25, 0.3) is 0 Å². The maximum atomic E-state index is 2.40. The molecule has 2 heteroatoms. The van der Waals surface area contributed by atoms with Crippen molar-refractivity contribution in [3.63, 3.8) is 0 Å². The summed E-state index contributed by atoms with van der Waals surface area (Å²) >= 11 is 1.90. The highest BCUT2D eigenvalue weighted by molar-refractivity contribution is 7.27. The molecule has 0 fully saturated rings. The summed E-state index contributed by atoms with van der Waals surface area (Å²) < 4.78 is 2.68. The summed E-state index contributed by atoms with van der Waals surface area (Å²) in [5.41, 5.74) is 3.50. The second-order valence-corrected chi connectivity index (χ2v) is 10.8. The number of hydrogen-bond donors (Lipinski definition) is 0. The topological polar surface area (TPSA) is 3.24 Å². The molecule has 0 spiro atoms. The van der Waals surface area contributed by atoms with Crippen molar-refractivity contribution in [1.29, 1.82) is 0 Å². The van der Waals surface area contributed by atoms with Crippen LogP contribution in [0.4, 0.5) is 17.1 Å². The van der Waals surface area contributed by atoms with Gasteiger partial charge in [-0.15, -0.1) is 11.3 Å². The summed E-state index contributed by atoms with van der Waals surface area (Å²) in [5, 5.41) is 10.4. The van der Waals surface area contributed by atoms with E-state index in [1.54, 1.807) is 0 Å². The van der Waals surface area contributed by atoms with Crippen LogP contribution in [0.25, 0.3) is 52.5 Å². The van der Waals surface area contributed by atoms with Crippen LogP contribution in [0.2, 0.25) is 0 Å². The van der Waals surface area contributed by atoms with Crippen molar-refractivity contribution in [1.82, 2.24) is 0 Å². The molecular formula is C36H23NS. The van der Waals surface area contributed by atoms with Crippen LogP contribution in [0.1, 0.15) is 0 Å². The SMILES string of the molecule is c1ccc(N(c2ccc3sc4c5ccccc5c5ccccc5c4c3c2)c2cccc3ccccc23)cc1. The summed E-state index contributed by atoms with van der Waals surface area (Å²) in [6.07, 6.45) is 0. The Morgan fingerprint density at radius 2 is 1.05 bits per heavy atom. The quantitative estimate of drug-likeness (QED) is 0.218. The minimum Gasteiger partial charge on any atom is -0.310 e. The maximum absolute atomic E-state index is 2.40. The van der Waals surface area contributed by atoms with E-state index >= 15 is 0 Å². The fourth-order valence-corrected chi connectivity index (χ4v) is 7.18. The molecule has 7 aromatic carbocycles. The Morgan fingerprint density at radius 1 is 0.421 bits per heavy atom. The molecule has 0 saturated carbocycles. The van der Waals surface area contributed by atoms with Gasteiger partial charge < -0.3 is 4.90 Å². The molecule has 1 aromatic heterocycles. The molecule has 0 bridgehead atoms. The summed E-state index contributed by atoms with van der Waals surface area (Å²) in [5.74, 6) is 0. The van der Waals surface area contributed by atoms with Crippen LogP contribution in [0.3, 0.4) is 0 Å². The Bertz CT molecular complexity index is 2130. The van der Waals surface area contributed by atoms with Crippen LogP contribution in [0, 0.1) is 0 Å². The standard InChI is InChI=1S/C36H23NS/c1-2-13-25(14-3-1)37(33-20-10-12-24-11-4-5-15-27(24)33)26-21-22-34-32(23-26)35-30-18-8-6-16-28(30)29-17-7-9-19-31(29)36(35)38-34/h1-23H. The average Bonchev–Trinajstić information content (AvgIpc) is 3.38. The van der Waals surface area contributed by atoms with Crippen LogP contribution in [0.15, 0.2) is 140 Å². The third kappa shape index (κ3) is 3.17. The van der Waals surface area contributed by atoms with E-state index in [1.807, 2.05) is 11.3 Å². The van der Waals surface area contributed by atoms with Crippen molar-refractivity contribution in [2.24, 2.45) is 0 Å². The normalized spacial score (nSPS) is 11.7. The Morgan fingerprint density at radius 3 is 1.87 bits per heavy atom. The monoisotopic (exact) mass is 501 g/mol. The van der Waals surface area contributed by atoms with Gasteiger partial charge in [-0.1, -0.05) is 103 Å². The molecule has 178 valence electrons. The minimum absolute atomic E-state index is 1.15. The number of fused-ring (bicyclic) bond motifs is 9. The lowest BCUT2D eigenvalue weighted by Crippen LogP contribution is -2.10. The molecule has 0 saturated heterocycles. The van der Waals surface area contributed by atoms with Gasteiger partial charge in [-0.05, 0) is 57.9 Å². The Hall–Kier alpha value is -4.66. The molecule has 0 unspecified atom stereocenters. The zero-order valence-corrected chi connectivity index (χ0v) is 21.5. The van der Waals surface area contributed by atoms with Gasteiger partial charge in [0.05, 0.1) is 5.69 Å². The van der Waals surface area contributed by atoms with E-state index in [2.05, 4.69) is 144 Å². The molecule has 1 nitrogen and oxygen atoms in total. The van der Waals surface area contributed by atoms with Gasteiger partial charge in [0.15, 0.2) is 0 Å². The molecule has 0 aliphatic heterocycles. The van der Waals surface area contributed by atoms with Crippen molar-refractivity contribution in [2.75, 3.05) is 4.90 Å². The Balaban J connectivity index is 1.47. The van der Waals surface area contributed by atoms with E-state index in [1.165, 1.54) is 58.2 Å². The summed E-state index contributed by atoms with van der Waals surface area (Å²) in [6, 6.07) is 50.6. The van der Waals surface area contributed by atoms with Gasteiger partial charge in [-0.25, -0.2) is 0 Å². The first-order valence-electron chi connectivity index (χ1n) is 13.0. The maximum Gasteiger partial charge on any atom is 0.0540 e. The first kappa shape index (κ1) is 21.4. The van der Waals surface area contributed by atoms with E-state index in [4.69, 9.17) is 0 Å². The van der Waals surface area contributed by atoms with Gasteiger partial charge in [0, 0.05) is 42.3 Å². The minimum atomic E-state index is 1.15. The lowest BCUT2D eigenvalue weighted by molar-refractivity contribution is 1.30. The lowest BCUT2D eigenvalue weighted by atomic mass is 9.97. The number of nitrogens with zero attached hydrogens (tertiary/aromatic N) is 1. The molecule has 0 aliphatic carbocycles. The summed E-state index contributed by atoms with van der Waals surface area (Å²) in [4.78, 5) is 2.40. The number of para-hydroxylation sites is 1. The largest absolute Gasteiger partial charge is 0.310 e. The Labute approximate surface area is 224 Å². The van der Waals surface area contributed by atoms with Gasteiger partial charge in [0.1, 0.15) is 0 Å². The van der Waals surface area contributed by atoms with Gasteiger partial charge >= 0.3 is 0 Å².